The van der Waals surface area contributed by atoms with E-state index in [0.29, 0.717) is 10.8 Å². The minimum Gasteiger partial charge on any atom is -0.457 e. The molecular formula is C18H13ClN2O3. The Hall–Kier alpha value is -2.92. The van der Waals surface area contributed by atoms with Gasteiger partial charge in [-0.3, -0.25) is 4.98 Å². The molecule has 1 aromatic carbocycles. The summed E-state index contributed by atoms with van der Waals surface area (Å²) in [6, 6.07) is 14.2. The number of carbonyl (C=O) groups excluding carboxylic acids is 1. The maximum atomic E-state index is 12.3. The molecule has 0 aliphatic rings. The number of rotatable bonds is 5. The standard InChI is InChI=1S/C18H13ClN2O3/c19-14-9-15(11-20-10-14)24-17-16(7-4-8-21-17)18(22)23-12-13-5-2-1-3-6-13/h1-11H,12H2. The Morgan fingerprint density at radius 1 is 1.08 bits per heavy atom. The van der Waals surface area contributed by atoms with Gasteiger partial charge in [0.05, 0.1) is 11.2 Å². The van der Waals surface area contributed by atoms with Crippen LogP contribution in [-0.2, 0) is 11.3 Å². The predicted molar refractivity (Wildman–Crippen MR) is 89.1 cm³/mol. The quantitative estimate of drug-likeness (QED) is 0.649. The molecule has 0 saturated carbocycles. The van der Waals surface area contributed by atoms with Gasteiger partial charge in [0.15, 0.2) is 0 Å². The first kappa shape index (κ1) is 16.0. The van der Waals surface area contributed by atoms with Gasteiger partial charge in [0.25, 0.3) is 0 Å². The van der Waals surface area contributed by atoms with Crippen molar-refractivity contribution in [1.82, 2.24) is 9.97 Å². The zero-order chi connectivity index (χ0) is 16.8. The SMILES string of the molecule is O=C(OCc1ccccc1)c1cccnc1Oc1cncc(Cl)c1. The fraction of sp³-hybridized carbons (Fsp3) is 0.0556. The molecular weight excluding hydrogens is 328 g/mol. The fourth-order valence-electron chi connectivity index (χ4n) is 1.99. The molecule has 3 rings (SSSR count). The molecule has 0 spiro atoms. The minimum absolute atomic E-state index is 0.139. The van der Waals surface area contributed by atoms with E-state index in [2.05, 4.69) is 9.97 Å². The lowest BCUT2D eigenvalue weighted by Crippen LogP contribution is -2.08. The third kappa shape index (κ3) is 4.08. The van der Waals surface area contributed by atoms with Crippen molar-refractivity contribution in [2.45, 2.75) is 6.61 Å². The largest absolute Gasteiger partial charge is 0.457 e. The summed E-state index contributed by atoms with van der Waals surface area (Å²) in [6.45, 7) is 0.173. The molecule has 0 N–H and O–H groups in total. The van der Waals surface area contributed by atoms with Gasteiger partial charge in [-0.2, -0.15) is 0 Å². The van der Waals surface area contributed by atoms with Crippen LogP contribution in [0.25, 0.3) is 0 Å². The second kappa shape index (κ2) is 7.57. The van der Waals surface area contributed by atoms with Crippen molar-refractivity contribution in [2.24, 2.45) is 0 Å². The summed E-state index contributed by atoms with van der Waals surface area (Å²) in [7, 11) is 0. The van der Waals surface area contributed by atoms with Gasteiger partial charge >= 0.3 is 5.97 Å². The number of benzene rings is 1. The lowest BCUT2D eigenvalue weighted by Gasteiger charge is -2.10. The molecule has 5 nitrogen and oxygen atoms in total. The van der Waals surface area contributed by atoms with Crippen molar-refractivity contribution in [3.63, 3.8) is 0 Å². The van der Waals surface area contributed by atoms with Crippen LogP contribution in [-0.4, -0.2) is 15.9 Å². The molecule has 0 amide bonds. The van der Waals surface area contributed by atoms with Gasteiger partial charge in [0.2, 0.25) is 5.88 Å². The number of halogens is 1. The summed E-state index contributed by atoms with van der Waals surface area (Å²) in [5.41, 5.74) is 1.13. The van der Waals surface area contributed by atoms with E-state index in [-0.39, 0.29) is 18.1 Å². The summed E-state index contributed by atoms with van der Waals surface area (Å²) in [6.07, 6.45) is 4.50. The molecule has 0 fully saturated rings. The zero-order valence-electron chi connectivity index (χ0n) is 12.6. The third-order valence-electron chi connectivity index (χ3n) is 3.10. The fourth-order valence-corrected chi connectivity index (χ4v) is 2.15. The summed E-state index contributed by atoms with van der Waals surface area (Å²) < 4.78 is 10.9. The summed E-state index contributed by atoms with van der Waals surface area (Å²) >= 11 is 5.88. The van der Waals surface area contributed by atoms with Crippen LogP contribution in [0, 0.1) is 0 Å². The molecule has 0 radical (unpaired) electrons. The van der Waals surface area contributed by atoms with Crippen molar-refractivity contribution in [2.75, 3.05) is 0 Å². The third-order valence-corrected chi connectivity index (χ3v) is 3.30. The van der Waals surface area contributed by atoms with Gasteiger partial charge in [0, 0.05) is 18.5 Å². The van der Waals surface area contributed by atoms with E-state index in [9.17, 15) is 4.79 Å². The second-order valence-corrected chi connectivity index (χ2v) is 5.30. The predicted octanol–water partition coefficient (Wildman–Crippen LogP) is 4.28. The van der Waals surface area contributed by atoms with E-state index in [1.165, 1.54) is 18.6 Å². The summed E-state index contributed by atoms with van der Waals surface area (Å²) in [5, 5.41) is 0.427. The Morgan fingerprint density at radius 3 is 2.71 bits per heavy atom. The van der Waals surface area contributed by atoms with Gasteiger partial charge in [-0.1, -0.05) is 41.9 Å². The molecule has 0 aliphatic heterocycles. The highest BCUT2D eigenvalue weighted by Gasteiger charge is 2.16. The zero-order valence-corrected chi connectivity index (χ0v) is 13.3. The average Bonchev–Trinajstić information content (AvgIpc) is 2.61. The van der Waals surface area contributed by atoms with E-state index < -0.39 is 5.97 Å². The molecule has 2 aromatic heterocycles. The maximum absolute atomic E-state index is 12.3. The Bertz CT molecular complexity index is 840. The van der Waals surface area contributed by atoms with E-state index in [1.807, 2.05) is 30.3 Å². The smallest absolute Gasteiger partial charge is 0.344 e. The molecule has 0 atom stereocenters. The molecule has 3 aromatic rings. The Balaban J connectivity index is 1.74. The van der Waals surface area contributed by atoms with Crippen LogP contribution in [0.4, 0.5) is 0 Å². The molecule has 0 unspecified atom stereocenters. The maximum Gasteiger partial charge on any atom is 0.344 e. The second-order valence-electron chi connectivity index (χ2n) is 4.86. The van der Waals surface area contributed by atoms with Crippen LogP contribution in [0.2, 0.25) is 5.02 Å². The van der Waals surface area contributed by atoms with Crippen LogP contribution in [0.3, 0.4) is 0 Å². The van der Waals surface area contributed by atoms with Gasteiger partial charge < -0.3 is 9.47 Å². The van der Waals surface area contributed by atoms with Crippen molar-refractivity contribution in [3.8, 4) is 11.6 Å². The van der Waals surface area contributed by atoms with Crippen molar-refractivity contribution >= 4 is 17.6 Å². The van der Waals surface area contributed by atoms with Crippen molar-refractivity contribution in [3.05, 3.63) is 83.3 Å². The number of pyridine rings is 2. The average molecular weight is 341 g/mol. The van der Waals surface area contributed by atoms with E-state index >= 15 is 0 Å². The van der Waals surface area contributed by atoms with E-state index in [0.717, 1.165) is 5.56 Å². The monoisotopic (exact) mass is 340 g/mol. The van der Waals surface area contributed by atoms with Crippen molar-refractivity contribution < 1.29 is 14.3 Å². The summed E-state index contributed by atoms with van der Waals surface area (Å²) in [4.78, 5) is 20.3. The topological polar surface area (TPSA) is 61.3 Å². The van der Waals surface area contributed by atoms with E-state index in [4.69, 9.17) is 21.1 Å². The molecule has 6 heteroatoms. The van der Waals surface area contributed by atoms with Crippen LogP contribution in [0.5, 0.6) is 11.6 Å². The molecule has 0 aliphatic carbocycles. The molecule has 2 heterocycles. The first-order valence-corrected chi connectivity index (χ1v) is 7.54. The Morgan fingerprint density at radius 2 is 1.92 bits per heavy atom. The van der Waals surface area contributed by atoms with Gasteiger partial charge in [-0.15, -0.1) is 0 Å². The van der Waals surface area contributed by atoms with Gasteiger partial charge in [-0.25, -0.2) is 9.78 Å². The van der Waals surface area contributed by atoms with Gasteiger partial charge in [0.1, 0.15) is 17.9 Å². The highest BCUT2D eigenvalue weighted by Crippen LogP contribution is 2.25. The lowest BCUT2D eigenvalue weighted by molar-refractivity contribution is 0.0469. The molecule has 0 saturated heterocycles. The highest BCUT2D eigenvalue weighted by molar-refractivity contribution is 6.30. The van der Waals surface area contributed by atoms with E-state index in [1.54, 1.807) is 18.2 Å². The number of aromatic nitrogens is 2. The first-order chi connectivity index (χ1) is 11.7. The Kier molecular flexibility index (Phi) is 5.03. The summed E-state index contributed by atoms with van der Waals surface area (Å²) in [5.74, 6) is 0.00915. The minimum atomic E-state index is -0.517. The molecule has 120 valence electrons. The number of esters is 1. The first-order valence-electron chi connectivity index (χ1n) is 7.17. The molecule has 0 bridgehead atoms. The van der Waals surface area contributed by atoms with Crippen LogP contribution in [0.15, 0.2) is 67.1 Å². The van der Waals surface area contributed by atoms with Crippen LogP contribution >= 0.6 is 11.6 Å². The van der Waals surface area contributed by atoms with Gasteiger partial charge in [-0.05, 0) is 17.7 Å². The lowest BCUT2D eigenvalue weighted by atomic mass is 10.2. The Labute approximate surface area is 143 Å². The number of ether oxygens (including phenoxy) is 2. The normalized spacial score (nSPS) is 10.2. The number of nitrogens with zero attached hydrogens (tertiary/aromatic N) is 2. The number of carbonyl (C=O) groups is 1. The van der Waals surface area contributed by atoms with Crippen LogP contribution in [0.1, 0.15) is 15.9 Å². The number of hydrogen-bond donors (Lipinski definition) is 0. The molecule has 24 heavy (non-hydrogen) atoms. The van der Waals surface area contributed by atoms with Crippen molar-refractivity contribution in [1.29, 1.82) is 0 Å². The van der Waals surface area contributed by atoms with Crippen LogP contribution < -0.4 is 4.74 Å². The number of hydrogen-bond acceptors (Lipinski definition) is 5. The highest BCUT2D eigenvalue weighted by atomic mass is 35.5.